The molecule has 3 heteroatoms. The van der Waals surface area contributed by atoms with Crippen LogP contribution in [-0.2, 0) is 0 Å². The molecule has 0 N–H and O–H groups in total. The van der Waals surface area contributed by atoms with Crippen LogP contribution in [0.3, 0.4) is 0 Å². The number of benzene rings is 3. The van der Waals surface area contributed by atoms with Crippen molar-refractivity contribution in [2.75, 3.05) is 13.2 Å². The molecular weight excluding hydrogens is 616 g/mol. The van der Waals surface area contributed by atoms with Gasteiger partial charge in [0.2, 0.25) is 0 Å². The van der Waals surface area contributed by atoms with Gasteiger partial charge in [-0.15, -0.1) is 0 Å². The van der Waals surface area contributed by atoms with E-state index in [0.717, 1.165) is 57.0 Å². The highest BCUT2D eigenvalue weighted by molar-refractivity contribution is 9.10. The van der Waals surface area contributed by atoms with Crippen LogP contribution < -0.4 is 9.47 Å². The Labute approximate surface area is 282 Å². The summed E-state index contributed by atoms with van der Waals surface area (Å²) in [6.07, 6.45) is 23.1. The number of halogens is 1. The predicted molar refractivity (Wildman–Crippen MR) is 202 cm³/mol. The molecule has 242 valence electrons. The lowest BCUT2D eigenvalue weighted by Crippen LogP contribution is -2.11. The Balaban J connectivity index is 1.57. The van der Waals surface area contributed by atoms with Gasteiger partial charge in [0.15, 0.2) is 0 Å². The number of unbranched alkanes of at least 4 members (excludes halogenated alkanes) is 4. The Kier molecular flexibility index (Phi) is 16.9. The minimum atomic E-state index is 0.633. The Bertz CT molecular complexity index is 1320. The summed E-state index contributed by atoms with van der Waals surface area (Å²) in [5, 5.41) is 0. The average Bonchev–Trinajstić information content (AvgIpc) is 3.07. The largest absolute Gasteiger partial charge is 0.493 e. The maximum atomic E-state index is 6.12. The highest BCUT2D eigenvalue weighted by atomic mass is 79.9. The summed E-state index contributed by atoms with van der Waals surface area (Å²) >= 11 is 3.79. The summed E-state index contributed by atoms with van der Waals surface area (Å²) < 4.78 is 13.3. The van der Waals surface area contributed by atoms with Crippen LogP contribution in [0.1, 0.15) is 120 Å². The zero-order valence-electron chi connectivity index (χ0n) is 28.2. The maximum absolute atomic E-state index is 6.12. The van der Waals surface area contributed by atoms with Crippen LogP contribution >= 0.6 is 15.9 Å². The van der Waals surface area contributed by atoms with E-state index < -0.39 is 0 Å². The molecule has 0 aliphatic heterocycles. The lowest BCUT2D eigenvalue weighted by molar-refractivity contribution is 0.232. The van der Waals surface area contributed by atoms with E-state index >= 15 is 0 Å². The van der Waals surface area contributed by atoms with Gasteiger partial charge in [0, 0.05) is 4.47 Å². The lowest BCUT2D eigenvalue weighted by Gasteiger charge is -2.16. The van der Waals surface area contributed by atoms with Gasteiger partial charge in [0.1, 0.15) is 11.5 Å². The molecule has 3 aromatic carbocycles. The smallest absolute Gasteiger partial charge is 0.119 e. The van der Waals surface area contributed by atoms with E-state index in [0.29, 0.717) is 11.8 Å². The van der Waals surface area contributed by atoms with E-state index in [2.05, 4.69) is 135 Å². The van der Waals surface area contributed by atoms with Gasteiger partial charge in [0.05, 0.1) is 13.2 Å². The molecule has 0 amide bonds. The van der Waals surface area contributed by atoms with E-state index in [1.165, 1.54) is 64.2 Å². The van der Waals surface area contributed by atoms with Crippen molar-refractivity contribution in [3.63, 3.8) is 0 Å². The second kappa shape index (κ2) is 20.9. The second-order valence-corrected chi connectivity index (χ2v) is 13.0. The van der Waals surface area contributed by atoms with Gasteiger partial charge in [0.25, 0.3) is 0 Å². The fourth-order valence-corrected chi connectivity index (χ4v) is 5.89. The van der Waals surface area contributed by atoms with Crippen LogP contribution in [0.2, 0.25) is 0 Å². The Morgan fingerprint density at radius 2 is 1.07 bits per heavy atom. The molecule has 2 nitrogen and oxygen atoms in total. The number of rotatable bonds is 21. The van der Waals surface area contributed by atoms with Crippen molar-refractivity contribution in [3.8, 4) is 11.5 Å². The van der Waals surface area contributed by atoms with E-state index in [-0.39, 0.29) is 0 Å². The van der Waals surface area contributed by atoms with Crippen molar-refractivity contribution in [1.82, 2.24) is 0 Å². The van der Waals surface area contributed by atoms with Gasteiger partial charge in [-0.2, -0.15) is 0 Å². The minimum absolute atomic E-state index is 0.633. The van der Waals surface area contributed by atoms with Crippen molar-refractivity contribution in [2.45, 2.75) is 91.9 Å². The molecule has 2 unspecified atom stereocenters. The van der Waals surface area contributed by atoms with Gasteiger partial charge >= 0.3 is 0 Å². The first-order chi connectivity index (χ1) is 22.0. The quantitative estimate of drug-likeness (QED) is 0.0829. The van der Waals surface area contributed by atoms with E-state index in [1.807, 2.05) is 6.08 Å². The van der Waals surface area contributed by atoms with Gasteiger partial charge < -0.3 is 9.47 Å². The predicted octanol–water partition coefficient (Wildman–Crippen LogP) is 13.4. The molecule has 0 heterocycles. The third-order valence-corrected chi connectivity index (χ3v) is 9.34. The number of hydrogen-bond acceptors (Lipinski definition) is 2. The molecule has 0 aliphatic carbocycles. The Morgan fingerprint density at radius 3 is 1.49 bits per heavy atom. The van der Waals surface area contributed by atoms with Crippen LogP contribution in [0, 0.1) is 11.8 Å². The summed E-state index contributed by atoms with van der Waals surface area (Å²) in [6.45, 7) is 14.7. The molecule has 0 spiro atoms. The third-order valence-electron chi connectivity index (χ3n) is 8.65. The van der Waals surface area contributed by atoms with Crippen LogP contribution in [0.25, 0.3) is 30.4 Å². The monoisotopic (exact) mass is 670 g/mol. The summed E-state index contributed by atoms with van der Waals surface area (Å²) in [7, 11) is 0. The fourth-order valence-electron chi connectivity index (χ4n) is 5.40. The average molecular weight is 672 g/mol. The summed E-state index contributed by atoms with van der Waals surface area (Å²) in [6, 6.07) is 21.1. The summed E-state index contributed by atoms with van der Waals surface area (Å²) in [5.74, 6) is 3.15. The first-order valence-corrected chi connectivity index (χ1v) is 18.1. The topological polar surface area (TPSA) is 18.5 Å². The van der Waals surface area contributed by atoms with Crippen molar-refractivity contribution < 1.29 is 9.47 Å². The van der Waals surface area contributed by atoms with Gasteiger partial charge in [-0.25, -0.2) is 0 Å². The molecule has 3 rings (SSSR count). The van der Waals surface area contributed by atoms with Crippen LogP contribution in [-0.4, -0.2) is 13.2 Å². The highest BCUT2D eigenvalue weighted by Crippen LogP contribution is 2.27. The van der Waals surface area contributed by atoms with Gasteiger partial charge in [-0.1, -0.05) is 156 Å². The van der Waals surface area contributed by atoms with E-state index in [1.54, 1.807) is 0 Å². The lowest BCUT2D eigenvalue weighted by atomic mass is 10.00. The Hall–Kier alpha value is -3.04. The standard InChI is InChI=1S/C42H55BrO2/c1-6-11-13-15-33(8-3)31-44-40-25-19-35(20-26-40)17-23-38-30-42(43)39(29-37(38)10-5)24-18-36-21-27-41(28-22-36)45-32-34(9-4)16-14-12-7-2/h10,17-30,33-34H,5-9,11-16,31-32H2,1-4H3/b23-17+,24-18+. The normalized spacial score (nSPS) is 12.9. The van der Waals surface area contributed by atoms with E-state index in [9.17, 15) is 0 Å². The van der Waals surface area contributed by atoms with Gasteiger partial charge in [-0.05, 0) is 88.9 Å². The Morgan fingerprint density at radius 1 is 0.600 bits per heavy atom. The number of ether oxygens (including phenoxy) is 2. The molecule has 0 saturated heterocycles. The highest BCUT2D eigenvalue weighted by Gasteiger charge is 2.09. The molecule has 2 atom stereocenters. The van der Waals surface area contributed by atoms with Gasteiger partial charge in [-0.3, -0.25) is 0 Å². The molecular formula is C42H55BrO2. The van der Waals surface area contributed by atoms with Crippen LogP contribution in [0.4, 0.5) is 0 Å². The van der Waals surface area contributed by atoms with Crippen LogP contribution in [0.5, 0.6) is 11.5 Å². The van der Waals surface area contributed by atoms with Crippen molar-refractivity contribution in [3.05, 3.63) is 99.5 Å². The first kappa shape index (κ1) is 36.4. The summed E-state index contributed by atoms with van der Waals surface area (Å²) in [4.78, 5) is 0. The molecule has 0 aliphatic rings. The molecule has 0 bridgehead atoms. The molecule has 0 fully saturated rings. The first-order valence-electron chi connectivity index (χ1n) is 17.3. The molecule has 0 radical (unpaired) electrons. The summed E-state index contributed by atoms with van der Waals surface area (Å²) in [5.41, 5.74) is 5.61. The molecule has 3 aromatic rings. The molecule has 0 aromatic heterocycles. The molecule has 45 heavy (non-hydrogen) atoms. The molecule has 0 saturated carbocycles. The SMILES string of the molecule is C=Cc1cc(/C=C/c2ccc(OCC(CC)CCCCC)cc2)c(Br)cc1/C=C/c1ccc(OCC(CC)CCCCC)cc1. The van der Waals surface area contributed by atoms with Crippen molar-refractivity contribution in [2.24, 2.45) is 11.8 Å². The fraction of sp³-hybridized carbons (Fsp3) is 0.429. The van der Waals surface area contributed by atoms with Crippen molar-refractivity contribution in [1.29, 1.82) is 0 Å². The second-order valence-electron chi connectivity index (χ2n) is 12.2. The van der Waals surface area contributed by atoms with E-state index in [4.69, 9.17) is 9.47 Å². The maximum Gasteiger partial charge on any atom is 0.119 e. The third kappa shape index (κ3) is 13.1. The van der Waals surface area contributed by atoms with Crippen molar-refractivity contribution >= 4 is 46.3 Å². The minimum Gasteiger partial charge on any atom is -0.493 e. The number of hydrogen-bond donors (Lipinski definition) is 0. The zero-order chi connectivity index (χ0) is 32.3. The van der Waals surface area contributed by atoms with Crippen LogP contribution in [0.15, 0.2) is 71.7 Å². The zero-order valence-corrected chi connectivity index (χ0v) is 29.8.